The third-order valence-corrected chi connectivity index (χ3v) is 6.61. The van der Waals surface area contributed by atoms with Crippen LogP contribution in [0.1, 0.15) is 17.0 Å². The zero-order valence-electron chi connectivity index (χ0n) is 17.5. The maximum Gasteiger partial charge on any atom is 0.265 e. The molecule has 0 saturated heterocycles. The lowest BCUT2D eigenvalue weighted by Crippen LogP contribution is -2.15. The quantitative estimate of drug-likeness (QED) is 0.467. The molecular formula is C22H21ClN4O3S. The zero-order chi connectivity index (χ0) is 22.3. The number of rotatable bonds is 5. The molecule has 9 heteroatoms. The van der Waals surface area contributed by atoms with E-state index < -0.39 is 10.0 Å². The summed E-state index contributed by atoms with van der Waals surface area (Å²) in [6, 6.07) is 12.0. The van der Waals surface area contributed by atoms with E-state index in [9.17, 15) is 8.42 Å². The fourth-order valence-corrected chi connectivity index (χ4v) is 4.92. The third kappa shape index (κ3) is 3.96. The maximum atomic E-state index is 13.3. The molecule has 7 nitrogen and oxygen atoms in total. The second kappa shape index (κ2) is 7.86. The molecule has 0 atom stereocenters. The van der Waals surface area contributed by atoms with Crippen LogP contribution >= 0.6 is 11.6 Å². The molecule has 160 valence electrons. The fourth-order valence-electron chi connectivity index (χ4n) is 3.43. The number of sulfonamides is 1. The van der Waals surface area contributed by atoms with Gasteiger partial charge in [0.25, 0.3) is 10.0 Å². The molecule has 0 amide bonds. The first-order chi connectivity index (χ1) is 14.7. The van der Waals surface area contributed by atoms with E-state index in [1.54, 1.807) is 54.0 Å². The van der Waals surface area contributed by atoms with Crippen LogP contribution in [0.5, 0.6) is 5.75 Å². The van der Waals surface area contributed by atoms with E-state index in [0.29, 0.717) is 21.9 Å². The summed E-state index contributed by atoms with van der Waals surface area (Å²) in [7, 11) is -2.53. The van der Waals surface area contributed by atoms with Crippen LogP contribution in [0, 0.1) is 20.8 Å². The predicted octanol–water partition coefficient (Wildman–Crippen LogP) is 4.78. The van der Waals surface area contributed by atoms with Gasteiger partial charge in [0.15, 0.2) is 5.65 Å². The van der Waals surface area contributed by atoms with Gasteiger partial charge in [0.1, 0.15) is 10.6 Å². The number of hydrogen-bond donors (Lipinski definition) is 1. The summed E-state index contributed by atoms with van der Waals surface area (Å²) < 4.78 is 36.2. The Labute approximate surface area is 185 Å². The summed E-state index contributed by atoms with van der Waals surface area (Å²) in [4.78, 5) is 4.60. The van der Waals surface area contributed by atoms with Crippen molar-refractivity contribution in [3.8, 4) is 16.9 Å². The fraction of sp³-hybridized carbons (Fsp3) is 0.182. The first kappa shape index (κ1) is 21.1. The van der Waals surface area contributed by atoms with Crippen LogP contribution in [-0.2, 0) is 10.0 Å². The number of anilines is 1. The molecule has 4 aromatic rings. The lowest BCUT2D eigenvalue weighted by molar-refractivity contribution is 0.403. The SMILES string of the molecule is COc1ccc(-c2cnn3c(C)cc(C)nc23)cc1S(=O)(=O)Nc1cc(Cl)ccc1C. The van der Waals surface area contributed by atoms with Gasteiger partial charge in [0.2, 0.25) is 0 Å². The maximum absolute atomic E-state index is 13.3. The molecule has 0 spiro atoms. The van der Waals surface area contributed by atoms with Crippen LogP contribution < -0.4 is 9.46 Å². The van der Waals surface area contributed by atoms with E-state index in [1.807, 2.05) is 19.9 Å². The van der Waals surface area contributed by atoms with Gasteiger partial charge < -0.3 is 4.74 Å². The Morgan fingerprint density at radius 1 is 1.06 bits per heavy atom. The number of fused-ring (bicyclic) bond motifs is 1. The molecule has 0 bridgehead atoms. The minimum atomic E-state index is -3.96. The smallest absolute Gasteiger partial charge is 0.265 e. The molecule has 4 rings (SSSR count). The Hall–Kier alpha value is -3.10. The molecule has 1 N–H and O–H groups in total. The van der Waals surface area contributed by atoms with E-state index in [1.165, 1.54) is 7.11 Å². The topological polar surface area (TPSA) is 85.6 Å². The lowest BCUT2D eigenvalue weighted by atomic mass is 10.1. The molecule has 0 unspecified atom stereocenters. The first-order valence-corrected chi connectivity index (χ1v) is 11.3. The summed E-state index contributed by atoms with van der Waals surface area (Å²) in [5.41, 5.74) is 5.00. The van der Waals surface area contributed by atoms with Gasteiger partial charge in [-0.05, 0) is 62.2 Å². The lowest BCUT2D eigenvalue weighted by Gasteiger charge is -2.14. The second-order valence-corrected chi connectivity index (χ2v) is 9.35. The molecule has 0 aliphatic rings. The molecule has 2 heterocycles. The van der Waals surface area contributed by atoms with Gasteiger partial charge in [0.05, 0.1) is 19.0 Å². The van der Waals surface area contributed by atoms with Crippen molar-refractivity contribution in [1.29, 1.82) is 0 Å². The first-order valence-electron chi connectivity index (χ1n) is 9.49. The zero-order valence-corrected chi connectivity index (χ0v) is 19.0. The Morgan fingerprint density at radius 2 is 1.84 bits per heavy atom. The van der Waals surface area contributed by atoms with Crippen LogP contribution in [0.3, 0.4) is 0 Å². The number of benzene rings is 2. The van der Waals surface area contributed by atoms with Crippen molar-refractivity contribution < 1.29 is 13.2 Å². The molecule has 0 saturated carbocycles. The van der Waals surface area contributed by atoms with Crippen molar-refractivity contribution in [3.05, 3.63) is 70.6 Å². The molecule has 0 fully saturated rings. The van der Waals surface area contributed by atoms with E-state index in [-0.39, 0.29) is 10.6 Å². The highest BCUT2D eigenvalue weighted by molar-refractivity contribution is 7.92. The van der Waals surface area contributed by atoms with Crippen molar-refractivity contribution in [2.75, 3.05) is 11.8 Å². The number of nitrogens with one attached hydrogen (secondary N) is 1. The molecular weight excluding hydrogens is 436 g/mol. The van der Waals surface area contributed by atoms with Crippen molar-refractivity contribution >= 4 is 33.0 Å². The molecule has 0 radical (unpaired) electrons. The molecule has 31 heavy (non-hydrogen) atoms. The Kier molecular flexibility index (Phi) is 5.36. The van der Waals surface area contributed by atoms with Crippen LogP contribution in [0.2, 0.25) is 5.02 Å². The van der Waals surface area contributed by atoms with Crippen molar-refractivity contribution in [2.45, 2.75) is 25.7 Å². The number of methoxy groups -OCH3 is 1. The molecule has 0 aliphatic carbocycles. The minimum absolute atomic E-state index is 0.00982. The van der Waals surface area contributed by atoms with Gasteiger partial charge in [0, 0.05) is 22.0 Å². The summed E-state index contributed by atoms with van der Waals surface area (Å²) in [6.45, 7) is 5.65. The summed E-state index contributed by atoms with van der Waals surface area (Å²) in [5, 5.41) is 4.84. The number of halogens is 1. The van der Waals surface area contributed by atoms with Crippen molar-refractivity contribution in [3.63, 3.8) is 0 Å². The Morgan fingerprint density at radius 3 is 2.58 bits per heavy atom. The third-order valence-electron chi connectivity index (χ3n) is 4.99. The number of aryl methyl sites for hydroxylation is 3. The van der Waals surface area contributed by atoms with Gasteiger partial charge in [-0.1, -0.05) is 23.7 Å². The average molecular weight is 457 g/mol. The van der Waals surface area contributed by atoms with Gasteiger partial charge in [-0.15, -0.1) is 0 Å². The van der Waals surface area contributed by atoms with E-state index in [2.05, 4.69) is 14.8 Å². The van der Waals surface area contributed by atoms with Crippen LogP contribution in [0.4, 0.5) is 5.69 Å². The Bertz CT molecular complexity index is 1410. The Balaban J connectivity index is 1.84. The highest BCUT2D eigenvalue weighted by atomic mass is 35.5. The predicted molar refractivity (Wildman–Crippen MR) is 121 cm³/mol. The normalized spacial score (nSPS) is 11.6. The average Bonchev–Trinajstić information content (AvgIpc) is 3.14. The van der Waals surface area contributed by atoms with Gasteiger partial charge in [-0.25, -0.2) is 17.9 Å². The monoisotopic (exact) mass is 456 g/mol. The van der Waals surface area contributed by atoms with E-state index >= 15 is 0 Å². The largest absolute Gasteiger partial charge is 0.495 e. The number of hydrogen-bond acceptors (Lipinski definition) is 5. The van der Waals surface area contributed by atoms with Gasteiger partial charge >= 0.3 is 0 Å². The van der Waals surface area contributed by atoms with E-state index in [4.69, 9.17) is 16.3 Å². The number of nitrogens with zero attached hydrogens (tertiary/aromatic N) is 3. The summed E-state index contributed by atoms with van der Waals surface area (Å²) >= 11 is 6.05. The van der Waals surface area contributed by atoms with Gasteiger partial charge in [-0.3, -0.25) is 4.72 Å². The minimum Gasteiger partial charge on any atom is -0.495 e. The van der Waals surface area contributed by atoms with Crippen molar-refractivity contribution in [2.24, 2.45) is 0 Å². The molecule has 2 aromatic carbocycles. The van der Waals surface area contributed by atoms with Crippen molar-refractivity contribution in [1.82, 2.24) is 14.6 Å². The van der Waals surface area contributed by atoms with Crippen LogP contribution in [0.15, 0.2) is 53.6 Å². The number of aromatic nitrogens is 3. The van der Waals surface area contributed by atoms with Crippen LogP contribution in [0.25, 0.3) is 16.8 Å². The van der Waals surface area contributed by atoms with Gasteiger partial charge in [-0.2, -0.15) is 5.10 Å². The number of ether oxygens (including phenoxy) is 1. The summed E-state index contributed by atoms with van der Waals surface area (Å²) in [5.74, 6) is 0.229. The summed E-state index contributed by atoms with van der Waals surface area (Å²) in [6.07, 6.45) is 1.68. The molecule has 0 aliphatic heterocycles. The second-order valence-electron chi connectivity index (χ2n) is 7.26. The highest BCUT2D eigenvalue weighted by Gasteiger charge is 2.23. The highest BCUT2D eigenvalue weighted by Crippen LogP contribution is 2.33. The molecule has 2 aromatic heterocycles. The van der Waals surface area contributed by atoms with E-state index in [0.717, 1.165) is 22.5 Å². The standard InChI is InChI=1S/C22H21ClN4O3S/c1-13-5-7-17(23)11-19(13)26-31(28,29)21-10-16(6-8-20(21)30-4)18-12-24-27-15(3)9-14(2)25-22(18)27/h5-12,26H,1-4H3. The van der Waals surface area contributed by atoms with Crippen LogP contribution in [-0.4, -0.2) is 30.1 Å².